The number of aromatic hydroxyl groups is 1. The molecule has 3 nitrogen and oxygen atoms in total. The number of nitrogens with zero attached hydrogens (tertiary/aromatic N) is 1. The Labute approximate surface area is 124 Å². The molecule has 0 fully saturated rings. The van der Waals surface area contributed by atoms with Gasteiger partial charge in [0.15, 0.2) is 5.88 Å². The number of hydrogen-bond donors (Lipinski definition) is 2. The van der Waals surface area contributed by atoms with Crippen LogP contribution in [0.1, 0.15) is 22.3 Å². The molecule has 0 radical (unpaired) electrons. The fourth-order valence-corrected chi connectivity index (χ4v) is 2.73. The predicted molar refractivity (Wildman–Crippen MR) is 87.9 cm³/mol. The lowest BCUT2D eigenvalue weighted by Gasteiger charge is -2.00. The number of fused-ring (bicyclic) bond motifs is 1. The van der Waals surface area contributed by atoms with Gasteiger partial charge >= 0.3 is 0 Å². The minimum atomic E-state index is 0.160. The van der Waals surface area contributed by atoms with Crippen LogP contribution in [0.15, 0.2) is 41.4 Å². The second-order valence-corrected chi connectivity index (χ2v) is 5.49. The Morgan fingerprint density at radius 2 is 1.76 bits per heavy atom. The largest absolute Gasteiger partial charge is 0.494 e. The van der Waals surface area contributed by atoms with E-state index in [2.05, 4.69) is 29.9 Å². The maximum atomic E-state index is 10.1. The number of aromatic nitrogens is 1. The Morgan fingerprint density at radius 3 is 2.48 bits per heavy atom. The van der Waals surface area contributed by atoms with Gasteiger partial charge in [0.1, 0.15) is 0 Å². The van der Waals surface area contributed by atoms with E-state index in [9.17, 15) is 5.11 Å². The van der Waals surface area contributed by atoms with Crippen molar-refractivity contribution in [1.29, 1.82) is 0 Å². The van der Waals surface area contributed by atoms with Gasteiger partial charge in [0.05, 0.1) is 11.3 Å². The molecule has 0 unspecified atom stereocenters. The summed E-state index contributed by atoms with van der Waals surface area (Å²) in [5, 5.41) is 11.1. The number of aryl methyl sites for hydroxylation is 3. The van der Waals surface area contributed by atoms with E-state index in [-0.39, 0.29) is 5.88 Å². The zero-order valence-corrected chi connectivity index (χ0v) is 12.4. The number of benzene rings is 2. The molecular weight excluding hydrogens is 260 g/mol. The first-order valence-electron chi connectivity index (χ1n) is 6.97. The SMILES string of the molecule is Cc1cc(C)cc(N=Cc2c(O)[nH]c3cccc(C)c23)c1. The first kappa shape index (κ1) is 13.4. The van der Waals surface area contributed by atoms with Crippen molar-refractivity contribution >= 4 is 22.8 Å². The van der Waals surface area contributed by atoms with E-state index in [1.54, 1.807) is 6.21 Å². The van der Waals surface area contributed by atoms with E-state index in [4.69, 9.17) is 0 Å². The molecule has 0 amide bonds. The Balaban J connectivity index is 2.09. The molecule has 0 aliphatic rings. The third-order valence-corrected chi connectivity index (χ3v) is 3.60. The molecule has 106 valence electrons. The lowest BCUT2D eigenvalue weighted by atomic mass is 10.1. The maximum Gasteiger partial charge on any atom is 0.198 e. The lowest BCUT2D eigenvalue weighted by Crippen LogP contribution is -1.83. The van der Waals surface area contributed by atoms with Crippen LogP contribution in [-0.2, 0) is 0 Å². The zero-order chi connectivity index (χ0) is 15.0. The molecule has 0 aliphatic heterocycles. The minimum Gasteiger partial charge on any atom is -0.494 e. The van der Waals surface area contributed by atoms with Crippen LogP contribution < -0.4 is 0 Å². The fourth-order valence-electron chi connectivity index (χ4n) is 2.73. The van der Waals surface area contributed by atoms with Gasteiger partial charge in [-0.15, -0.1) is 0 Å². The monoisotopic (exact) mass is 278 g/mol. The van der Waals surface area contributed by atoms with Crippen molar-refractivity contribution in [3.8, 4) is 5.88 Å². The quantitative estimate of drug-likeness (QED) is 0.664. The van der Waals surface area contributed by atoms with Gasteiger partial charge in [-0.05, 0) is 55.7 Å². The third kappa shape index (κ3) is 2.55. The van der Waals surface area contributed by atoms with Gasteiger partial charge < -0.3 is 10.1 Å². The highest BCUT2D eigenvalue weighted by atomic mass is 16.3. The number of rotatable bonds is 2. The van der Waals surface area contributed by atoms with E-state index in [1.807, 2.05) is 37.3 Å². The average molecular weight is 278 g/mol. The summed E-state index contributed by atoms with van der Waals surface area (Å²) in [6, 6.07) is 12.1. The Kier molecular flexibility index (Phi) is 3.26. The first-order valence-corrected chi connectivity index (χ1v) is 6.97. The van der Waals surface area contributed by atoms with Gasteiger partial charge in [-0.2, -0.15) is 0 Å². The molecular formula is C18H18N2O. The Bertz CT molecular complexity index is 824. The highest BCUT2D eigenvalue weighted by molar-refractivity contribution is 6.04. The maximum absolute atomic E-state index is 10.1. The summed E-state index contributed by atoms with van der Waals surface area (Å²) in [5.74, 6) is 0.160. The van der Waals surface area contributed by atoms with Crippen LogP contribution in [-0.4, -0.2) is 16.3 Å². The molecule has 0 spiro atoms. The van der Waals surface area contributed by atoms with E-state index in [0.717, 1.165) is 27.7 Å². The second kappa shape index (κ2) is 5.09. The molecule has 21 heavy (non-hydrogen) atoms. The summed E-state index contributed by atoms with van der Waals surface area (Å²) >= 11 is 0. The van der Waals surface area contributed by atoms with Gasteiger partial charge in [0.2, 0.25) is 0 Å². The zero-order valence-electron chi connectivity index (χ0n) is 12.4. The molecule has 0 bridgehead atoms. The van der Waals surface area contributed by atoms with Crippen molar-refractivity contribution in [2.45, 2.75) is 20.8 Å². The standard InChI is InChI=1S/C18H18N2O/c1-11-7-12(2)9-14(8-11)19-10-15-17-13(3)5-4-6-16(17)20-18(15)21/h4-10,20-21H,1-3H3. The highest BCUT2D eigenvalue weighted by Crippen LogP contribution is 2.29. The summed E-state index contributed by atoms with van der Waals surface area (Å²) in [7, 11) is 0. The number of H-pyrrole nitrogens is 1. The van der Waals surface area contributed by atoms with Crippen molar-refractivity contribution in [3.05, 3.63) is 58.7 Å². The van der Waals surface area contributed by atoms with Gasteiger partial charge in [-0.25, -0.2) is 0 Å². The van der Waals surface area contributed by atoms with Crippen LogP contribution in [0.5, 0.6) is 5.88 Å². The fraction of sp³-hybridized carbons (Fsp3) is 0.167. The molecule has 0 saturated carbocycles. The van der Waals surface area contributed by atoms with Gasteiger partial charge in [-0.3, -0.25) is 4.99 Å². The van der Waals surface area contributed by atoms with Crippen LogP contribution in [0, 0.1) is 20.8 Å². The lowest BCUT2D eigenvalue weighted by molar-refractivity contribution is 0.457. The number of hydrogen-bond acceptors (Lipinski definition) is 2. The summed E-state index contributed by atoms with van der Waals surface area (Å²) in [5.41, 5.74) is 6.04. The van der Waals surface area contributed by atoms with E-state index < -0.39 is 0 Å². The second-order valence-electron chi connectivity index (χ2n) is 5.49. The van der Waals surface area contributed by atoms with E-state index in [0.29, 0.717) is 0 Å². The molecule has 3 heteroatoms. The van der Waals surface area contributed by atoms with E-state index in [1.165, 1.54) is 11.1 Å². The van der Waals surface area contributed by atoms with Crippen molar-refractivity contribution in [3.63, 3.8) is 0 Å². The van der Waals surface area contributed by atoms with Crippen LogP contribution in [0.3, 0.4) is 0 Å². The van der Waals surface area contributed by atoms with Crippen molar-refractivity contribution < 1.29 is 5.11 Å². The highest BCUT2D eigenvalue weighted by Gasteiger charge is 2.10. The van der Waals surface area contributed by atoms with Crippen molar-refractivity contribution in [1.82, 2.24) is 4.98 Å². The summed E-state index contributed by atoms with van der Waals surface area (Å²) in [6.45, 7) is 6.14. The molecule has 3 aromatic rings. The number of aromatic amines is 1. The molecule has 0 saturated heterocycles. The topological polar surface area (TPSA) is 48.4 Å². The van der Waals surface area contributed by atoms with Gasteiger partial charge in [0.25, 0.3) is 0 Å². The van der Waals surface area contributed by atoms with Crippen molar-refractivity contribution in [2.75, 3.05) is 0 Å². The smallest absolute Gasteiger partial charge is 0.198 e. The average Bonchev–Trinajstić information content (AvgIpc) is 2.72. The Morgan fingerprint density at radius 1 is 1.05 bits per heavy atom. The minimum absolute atomic E-state index is 0.160. The van der Waals surface area contributed by atoms with Crippen LogP contribution in [0.4, 0.5) is 5.69 Å². The molecule has 1 heterocycles. The predicted octanol–water partition coefficient (Wildman–Crippen LogP) is 4.55. The molecule has 0 aliphatic carbocycles. The molecule has 3 rings (SSSR count). The molecule has 1 aromatic heterocycles. The summed E-state index contributed by atoms with van der Waals surface area (Å²) < 4.78 is 0. The van der Waals surface area contributed by atoms with Crippen LogP contribution in [0.2, 0.25) is 0 Å². The third-order valence-electron chi connectivity index (χ3n) is 3.60. The normalized spacial score (nSPS) is 11.6. The van der Waals surface area contributed by atoms with Gasteiger partial charge in [-0.1, -0.05) is 18.2 Å². The summed E-state index contributed by atoms with van der Waals surface area (Å²) in [4.78, 5) is 7.51. The van der Waals surface area contributed by atoms with Gasteiger partial charge in [0, 0.05) is 17.1 Å². The first-order chi connectivity index (χ1) is 10.0. The van der Waals surface area contributed by atoms with Crippen molar-refractivity contribution in [2.24, 2.45) is 4.99 Å². The van der Waals surface area contributed by atoms with Crippen LogP contribution in [0.25, 0.3) is 10.9 Å². The molecule has 2 aromatic carbocycles. The molecule has 2 N–H and O–H groups in total. The number of nitrogens with one attached hydrogen (secondary N) is 1. The summed E-state index contributed by atoms with van der Waals surface area (Å²) in [6.07, 6.45) is 1.73. The Hall–Kier alpha value is -2.55. The van der Waals surface area contributed by atoms with E-state index >= 15 is 0 Å². The van der Waals surface area contributed by atoms with Crippen LogP contribution >= 0.6 is 0 Å². The molecule has 0 atom stereocenters. The number of aliphatic imine (C=N–C) groups is 1.